The molecule has 0 saturated heterocycles. The number of carbonyl (C=O) groups excluding carboxylic acids is 1. The summed E-state index contributed by atoms with van der Waals surface area (Å²) in [6.07, 6.45) is -0.233. The standard InChI is InChI=1S/C16H14BrNO4/c17-11-1-5-13(6-2-11)22-14-7-3-12(4-8-14)18-15(19)9-10-16(20)21/h1-8H,9-10H2,(H,18,19)(H,20,21). The number of aliphatic carboxylic acids is 1. The van der Waals surface area contributed by atoms with Crippen LogP contribution in [0.2, 0.25) is 0 Å². The third-order valence-electron chi connectivity index (χ3n) is 2.75. The molecule has 0 aliphatic rings. The number of anilines is 1. The highest BCUT2D eigenvalue weighted by atomic mass is 79.9. The quantitative estimate of drug-likeness (QED) is 0.811. The molecule has 0 spiro atoms. The van der Waals surface area contributed by atoms with Crippen molar-refractivity contribution in [1.82, 2.24) is 0 Å². The molecule has 2 rings (SSSR count). The minimum atomic E-state index is -0.992. The van der Waals surface area contributed by atoms with Crippen LogP contribution in [-0.4, -0.2) is 17.0 Å². The number of carboxylic acid groups (broad SMARTS) is 1. The minimum Gasteiger partial charge on any atom is -0.481 e. The Labute approximate surface area is 136 Å². The Kier molecular flexibility index (Phi) is 5.55. The number of amides is 1. The molecule has 0 radical (unpaired) electrons. The SMILES string of the molecule is O=C(O)CCC(=O)Nc1ccc(Oc2ccc(Br)cc2)cc1. The molecule has 2 aromatic rings. The highest BCUT2D eigenvalue weighted by molar-refractivity contribution is 9.10. The zero-order valence-corrected chi connectivity index (χ0v) is 13.2. The second-order valence-corrected chi connectivity index (χ2v) is 5.44. The Bertz CT molecular complexity index is 653. The number of ether oxygens (including phenoxy) is 1. The molecule has 0 bridgehead atoms. The van der Waals surface area contributed by atoms with Crippen molar-refractivity contribution < 1.29 is 19.4 Å². The second-order valence-electron chi connectivity index (χ2n) is 4.52. The Morgan fingerprint density at radius 3 is 2.05 bits per heavy atom. The Morgan fingerprint density at radius 1 is 0.955 bits per heavy atom. The van der Waals surface area contributed by atoms with Gasteiger partial charge in [0.1, 0.15) is 11.5 Å². The van der Waals surface area contributed by atoms with Gasteiger partial charge in [-0.1, -0.05) is 15.9 Å². The third kappa shape index (κ3) is 5.21. The first-order chi connectivity index (χ1) is 10.5. The number of nitrogens with one attached hydrogen (secondary N) is 1. The van der Waals surface area contributed by atoms with Crippen LogP contribution in [0.15, 0.2) is 53.0 Å². The van der Waals surface area contributed by atoms with Gasteiger partial charge < -0.3 is 15.2 Å². The number of benzene rings is 2. The number of carboxylic acids is 1. The molecular weight excluding hydrogens is 350 g/mol. The molecule has 0 aliphatic heterocycles. The van der Waals surface area contributed by atoms with Gasteiger partial charge in [-0.05, 0) is 48.5 Å². The molecule has 6 heteroatoms. The number of hydrogen-bond acceptors (Lipinski definition) is 3. The molecule has 5 nitrogen and oxygen atoms in total. The Balaban J connectivity index is 1.91. The number of hydrogen-bond donors (Lipinski definition) is 2. The van der Waals surface area contributed by atoms with Crippen LogP contribution in [-0.2, 0) is 9.59 Å². The summed E-state index contributed by atoms with van der Waals surface area (Å²) in [4.78, 5) is 21.9. The topological polar surface area (TPSA) is 75.6 Å². The van der Waals surface area contributed by atoms with Gasteiger partial charge in [-0.2, -0.15) is 0 Å². The highest BCUT2D eigenvalue weighted by Crippen LogP contribution is 2.24. The van der Waals surface area contributed by atoms with Crippen molar-refractivity contribution in [2.75, 3.05) is 5.32 Å². The normalized spacial score (nSPS) is 10.0. The summed E-state index contributed by atoms with van der Waals surface area (Å²) in [5.74, 6) is 0.0321. The van der Waals surface area contributed by atoms with Crippen LogP contribution >= 0.6 is 15.9 Å². The molecule has 0 heterocycles. The van der Waals surface area contributed by atoms with E-state index in [2.05, 4.69) is 21.2 Å². The molecule has 2 N–H and O–H groups in total. The minimum absolute atomic E-state index is 0.0491. The second kappa shape index (κ2) is 7.61. The lowest BCUT2D eigenvalue weighted by Gasteiger charge is -2.08. The van der Waals surface area contributed by atoms with Crippen molar-refractivity contribution in [3.8, 4) is 11.5 Å². The van der Waals surface area contributed by atoms with Gasteiger partial charge in [0.15, 0.2) is 0 Å². The monoisotopic (exact) mass is 363 g/mol. The highest BCUT2D eigenvalue weighted by Gasteiger charge is 2.06. The largest absolute Gasteiger partial charge is 0.481 e. The maximum Gasteiger partial charge on any atom is 0.303 e. The molecule has 0 aromatic heterocycles. The first kappa shape index (κ1) is 16.0. The lowest BCUT2D eigenvalue weighted by molar-refractivity contribution is -0.138. The van der Waals surface area contributed by atoms with Crippen LogP contribution in [0.5, 0.6) is 11.5 Å². The van der Waals surface area contributed by atoms with Crippen LogP contribution < -0.4 is 10.1 Å². The van der Waals surface area contributed by atoms with E-state index in [0.29, 0.717) is 17.2 Å². The van der Waals surface area contributed by atoms with Crippen molar-refractivity contribution >= 4 is 33.5 Å². The van der Waals surface area contributed by atoms with E-state index in [1.165, 1.54) is 0 Å². The van der Waals surface area contributed by atoms with Crippen LogP contribution in [0.25, 0.3) is 0 Å². The summed E-state index contributed by atoms with van der Waals surface area (Å²) < 4.78 is 6.63. The van der Waals surface area contributed by atoms with Crippen LogP contribution in [0, 0.1) is 0 Å². The lowest BCUT2D eigenvalue weighted by Crippen LogP contribution is -2.12. The van der Waals surface area contributed by atoms with Crippen LogP contribution in [0.3, 0.4) is 0 Å². The van der Waals surface area contributed by atoms with Gasteiger partial charge in [0.2, 0.25) is 5.91 Å². The summed E-state index contributed by atoms with van der Waals surface area (Å²) in [5, 5.41) is 11.2. The van der Waals surface area contributed by atoms with E-state index in [1.807, 2.05) is 24.3 Å². The molecule has 114 valence electrons. The average Bonchev–Trinajstić information content (AvgIpc) is 2.49. The molecule has 0 unspecified atom stereocenters. The molecule has 2 aromatic carbocycles. The lowest BCUT2D eigenvalue weighted by atomic mass is 10.2. The number of rotatable bonds is 6. The van der Waals surface area contributed by atoms with Gasteiger partial charge >= 0.3 is 5.97 Å². The molecular formula is C16H14BrNO4. The van der Waals surface area contributed by atoms with E-state index >= 15 is 0 Å². The summed E-state index contributed by atoms with van der Waals surface area (Å²) in [7, 11) is 0. The Morgan fingerprint density at radius 2 is 1.50 bits per heavy atom. The van der Waals surface area contributed by atoms with E-state index in [9.17, 15) is 9.59 Å². The van der Waals surface area contributed by atoms with E-state index < -0.39 is 5.97 Å². The first-order valence-electron chi connectivity index (χ1n) is 6.58. The molecule has 0 aliphatic carbocycles. The van der Waals surface area contributed by atoms with Gasteiger partial charge in [-0.15, -0.1) is 0 Å². The van der Waals surface area contributed by atoms with Gasteiger partial charge in [-0.3, -0.25) is 9.59 Å². The van der Waals surface area contributed by atoms with Crippen LogP contribution in [0.4, 0.5) is 5.69 Å². The molecule has 0 atom stereocenters. The predicted molar refractivity (Wildman–Crippen MR) is 86.2 cm³/mol. The van der Waals surface area contributed by atoms with E-state index in [-0.39, 0.29) is 18.7 Å². The van der Waals surface area contributed by atoms with Crippen molar-refractivity contribution in [1.29, 1.82) is 0 Å². The van der Waals surface area contributed by atoms with Crippen LogP contribution in [0.1, 0.15) is 12.8 Å². The van der Waals surface area contributed by atoms with Crippen molar-refractivity contribution in [2.24, 2.45) is 0 Å². The third-order valence-corrected chi connectivity index (χ3v) is 3.28. The molecule has 0 fully saturated rings. The van der Waals surface area contributed by atoms with Crippen molar-refractivity contribution in [3.05, 3.63) is 53.0 Å². The van der Waals surface area contributed by atoms with E-state index in [1.54, 1.807) is 24.3 Å². The summed E-state index contributed by atoms with van der Waals surface area (Å²) in [6.45, 7) is 0. The maximum absolute atomic E-state index is 11.5. The van der Waals surface area contributed by atoms with Gasteiger partial charge in [0.25, 0.3) is 0 Å². The zero-order valence-electron chi connectivity index (χ0n) is 11.6. The van der Waals surface area contributed by atoms with Crippen molar-refractivity contribution in [3.63, 3.8) is 0 Å². The van der Waals surface area contributed by atoms with Gasteiger partial charge in [0.05, 0.1) is 6.42 Å². The summed E-state index contributed by atoms with van der Waals surface area (Å²) in [5.41, 5.74) is 0.596. The summed E-state index contributed by atoms with van der Waals surface area (Å²) in [6, 6.07) is 14.3. The smallest absolute Gasteiger partial charge is 0.303 e. The summed E-state index contributed by atoms with van der Waals surface area (Å²) >= 11 is 3.35. The maximum atomic E-state index is 11.5. The zero-order chi connectivity index (χ0) is 15.9. The molecule has 1 amide bonds. The van der Waals surface area contributed by atoms with E-state index in [0.717, 1.165) is 4.47 Å². The molecule has 0 saturated carbocycles. The van der Waals surface area contributed by atoms with Gasteiger partial charge in [0, 0.05) is 16.6 Å². The number of carbonyl (C=O) groups is 2. The first-order valence-corrected chi connectivity index (χ1v) is 7.37. The fraction of sp³-hybridized carbons (Fsp3) is 0.125. The fourth-order valence-electron chi connectivity index (χ4n) is 1.69. The Hall–Kier alpha value is -2.34. The molecule has 22 heavy (non-hydrogen) atoms. The fourth-order valence-corrected chi connectivity index (χ4v) is 1.95. The van der Waals surface area contributed by atoms with E-state index in [4.69, 9.17) is 9.84 Å². The average molecular weight is 364 g/mol. The van der Waals surface area contributed by atoms with Gasteiger partial charge in [-0.25, -0.2) is 0 Å². The van der Waals surface area contributed by atoms with Crippen molar-refractivity contribution in [2.45, 2.75) is 12.8 Å². The number of halogens is 1. The predicted octanol–water partition coefficient (Wildman–Crippen LogP) is 4.04.